The molecule has 8 heteroatoms. The maximum absolute atomic E-state index is 13.7. The summed E-state index contributed by atoms with van der Waals surface area (Å²) >= 11 is 3.40. The van der Waals surface area contributed by atoms with Crippen LogP contribution in [0.3, 0.4) is 0 Å². The highest BCUT2D eigenvalue weighted by Crippen LogP contribution is 2.26. The summed E-state index contributed by atoms with van der Waals surface area (Å²) in [7, 11) is 0. The van der Waals surface area contributed by atoms with Crippen LogP contribution in [0.25, 0.3) is 0 Å². The first-order chi connectivity index (χ1) is 12.5. The molecule has 3 rings (SSSR count). The summed E-state index contributed by atoms with van der Waals surface area (Å²) in [6.45, 7) is 0.569. The highest BCUT2D eigenvalue weighted by Gasteiger charge is 2.15. The van der Waals surface area contributed by atoms with Crippen LogP contribution in [-0.4, -0.2) is 21.0 Å². The number of rotatable bonds is 6. The molecule has 0 bridgehead atoms. The van der Waals surface area contributed by atoms with Gasteiger partial charge in [0.25, 0.3) is 5.88 Å². The fourth-order valence-electron chi connectivity index (χ4n) is 2.33. The Kier molecular flexibility index (Phi) is 5.52. The molecule has 0 unspecified atom stereocenters. The van der Waals surface area contributed by atoms with Gasteiger partial charge in [-0.05, 0) is 23.8 Å². The molecule has 6 nitrogen and oxygen atoms in total. The van der Waals surface area contributed by atoms with Crippen molar-refractivity contribution in [3.8, 4) is 11.6 Å². The van der Waals surface area contributed by atoms with E-state index in [1.807, 2.05) is 42.5 Å². The van der Waals surface area contributed by atoms with Crippen molar-refractivity contribution in [1.29, 1.82) is 0 Å². The van der Waals surface area contributed by atoms with Crippen molar-refractivity contribution in [1.82, 2.24) is 9.78 Å². The first-order valence-corrected chi connectivity index (χ1v) is 8.39. The van der Waals surface area contributed by atoms with Crippen LogP contribution in [0.1, 0.15) is 11.1 Å². The van der Waals surface area contributed by atoms with Gasteiger partial charge in [-0.15, -0.1) is 5.10 Å². The molecule has 2 aromatic carbocycles. The van der Waals surface area contributed by atoms with E-state index in [9.17, 15) is 9.18 Å². The average Bonchev–Trinajstić information content (AvgIpc) is 2.93. The summed E-state index contributed by atoms with van der Waals surface area (Å²) in [5.41, 5.74) is 1.77. The smallest absolute Gasteiger partial charge is 0.489 e. The molecule has 0 saturated carbocycles. The average molecular weight is 421 g/mol. The van der Waals surface area contributed by atoms with Crippen LogP contribution in [-0.2, 0) is 13.2 Å². The van der Waals surface area contributed by atoms with Gasteiger partial charge in [0.2, 0.25) is 5.82 Å². The van der Waals surface area contributed by atoms with E-state index in [1.54, 1.807) is 6.07 Å². The Balaban J connectivity index is 1.78. The van der Waals surface area contributed by atoms with Crippen LogP contribution in [0.2, 0.25) is 0 Å². The molecule has 0 saturated heterocycles. The molecule has 3 aromatic rings. The molecular formula is C18H14BrFN2O4. The fourth-order valence-corrected chi connectivity index (χ4v) is 2.74. The van der Waals surface area contributed by atoms with Crippen molar-refractivity contribution in [3.63, 3.8) is 0 Å². The van der Waals surface area contributed by atoms with Gasteiger partial charge < -0.3 is 14.6 Å². The molecule has 0 amide bonds. The maximum atomic E-state index is 13.7. The molecule has 0 atom stereocenters. The molecule has 0 aliphatic heterocycles. The van der Waals surface area contributed by atoms with Gasteiger partial charge in [-0.25, -0.2) is 4.79 Å². The Hall–Kier alpha value is -2.87. The topological polar surface area (TPSA) is 73.6 Å². The number of aromatic nitrogens is 2. The summed E-state index contributed by atoms with van der Waals surface area (Å²) < 4.78 is 26.0. The van der Waals surface area contributed by atoms with Crippen LogP contribution in [0.5, 0.6) is 11.6 Å². The zero-order valence-electron chi connectivity index (χ0n) is 13.4. The van der Waals surface area contributed by atoms with E-state index in [4.69, 9.17) is 9.84 Å². The van der Waals surface area contributed by atoms with Gasteiger partial charge in [0.05, 0.1) is 12.7 Å². The molecule has 0 radical (unpaired) electrons. The Morgan fingerprint density at radius 2 is 2.00 bits per heavy atom. The summed E-state index contributed by atoms with van der Waals surface area (Å²) in [5.74, 6) is -0.818. The third-order valence-electron chi connectivity index (χ3n) is 3.46. The fraction of sp³-hybridized carbons (Fsp3) is 0.111. The summed E-state index contributed by atoms with van der Waals surface area (Å²) in [6, 6.07) is 15.2. The van der Waals surface area contributed by atoms with Gasteiger partial charge >= 0.3 is 6.16 Å². The van der Waals surface area contributed by atoms with Crippen LogP contribution >= 0.6 is 15.9 Å². The Labute approximate surface area is 156 Å². The van der Waals surface area contributed by atoms with E-state index in [1.165, 1.54) is 4.68 Å². The number of ether oxygens (including phenoxy) is 2. The lowest BCUT2D eigenvalue weighted by Crippen LogP contribution is -2.07. The minimum absolute atomic E-state index is 0.184. The van der Waals surface area contributed by atoms with Crippen molar-refractivity contribution in [3.05, 3.63) is 76.1 Å². The van der Waals surface area contributed by atoms with Crippen LogP contribution in [0, 0.1) is 5.82 Å². The number of hydrogen-bond donors (Lipinski definition) is 1. The van der Waals surface area contributed by atoms with Crippen molar-refractivity contribution in [2.45, 2.75) is 13.2 Å². The largest absolute Gasteiger partial charge is 0.512 e. The monoisotopic (exact) mass is 420 g/mol. The minimum atomic E-state index is -1.62. The summed E-state index contributed by atoms with van der Waals surface area (Å²) in [4.78, 5) is 10.5. The number of carboxylic acid groups (broad SMARTS) is 1. The predicted octanol–water partition coefficient (Wildman–Crippen LogP) is 4.47. The second kappa shape index (κ2) is 8.01. The van der Waals surface area contributed by atoms with E-state index in [0.717, 1.165) is 21.8 Å². The molecule has 26 heavy (non-hydrogen) atoms. The first-order valence-electron chi connectivity index (χ1n) is 7.60. The Bertz CT molecular complexity index is 915. The van der Waals surface area contributed by atoms with Crippen molar-refractivity contribution in [2.75, 3.05) is 0 Å². The van der Waals surface area contributed by atoms with Gasteiger partial charge in [0, 0.05) is 10.0 Å². The van der Waals surface area contributed by atoms with Gasteiger partial charge in [0.1, 0.15) is 12.4 Å². The molecule has 0 spiro atoms. The molecule has 0 aliphatic rings. The summed E-state index contributed by atoms with van der Waals surface area (Å²) in [6.07, 6.45) is -0.552. The number of hydrogen-bond acceptors (Lipinski definition) is 4. The van der Waals surface area contributed by atoms with E-state index in [-0.39, 0.29) is 6.54 Å². The molecule has 0 aliphatic carbocycles. The Morgan fingerprint density at radius 3 is 2.73 bits per heavy atom. The van der Waals surface area contributed by atoms with E-state index < -0.39 is 17.9 Å². The van der Waals surface area contributed by atoms with E-state index >= 15 is 0 Å². The second-order valence-electron chi connectivity index (χ2n) is 5.37. The number of carbonyl (C=O) groups is 1. The standard InChI is InChI=1S/C18H14BrFN2O4/c19-14-6-7-16(25-11-12-4-2-1-3-5-12)13(8-14)9-22-10-15(20)17(21-22)26-18(23)24/h1-8,10H,9,11H2,(H,23,24). The van der Waals surface area contributed by atoms with Crippen LogP contribution in [0.4, 0.5) is 9.18 Å². The lowest BCUT2D eigenvalue weighted by atomic mass is 10.2. The van der Waals surface area contributed by atoms with Gasteiger partial charge in [-0.1, -0.05) is 46.3 Å². The number of benzene rings is 2. The quantitative estimate of drug-likeness (QED) is 0.595. The number of nitrogens with zero attached hydrogens (tertiary/aromatic N) is 2. The van der Waals surface area contributed by atoms with Crippen molar-refractivity contribution in [2.24, 2.45) is 0 Å². The van der Waals surface area contributed by atoms with Gasteiger partial charge in [0.15, 0.2) is 0 Å². The lowest BCUT2D eigenvalue weighted by Gasteiger charge is -2.12. The third-order valence-corrected chi connectivity index (χ3v) is 3.96. The number of halogens is 2. The first kappa shape index (κ1) is 17.9. The SMILES string of the molecule is O=C(O)Oc1nn(Cc2cc(Br)ccc2OCc2ccccc2)cc1F. The highest BCUT2D eigenvalue weighted by atomic mass is 79.9. The van der Waals surface area contributed by atoms with Crippen molar-refractivity contribution >= 4 is 22.1 Å². The zero-order valence-corrected chi connectivity index (χ0v) is 15.0. The molecular weight excluding hydrogens is 407 g/mol. The molecule has 134 valence electrons. The molecule has 1 heterocycles. The van der Waals surface area contributed by atoms with Gasteiger partial charge in [-0.2, -0.15) is 4.39 Å². The minimum Gasteiger partial charge on any atom is -0.489 e. The predicted molar refractivity (Wildman–Crippen MR) is 94.9 cm³/mol. The maximum Gasteiger partial charge on any atom is 0.512 e. The van der Waals surface area contributed by atoms with E-state index in [0.29, 0.717) is 12.4 Å². The highest BCUT2D eigenvalue weighted by molar-refractivity contribution is 9.10. The zero-order chi connectivity index (χ0) is 18.5. The van der Waals surface area contributed by atoms with E-state index in [2.05, 4.69) is 25.8 Å². The normalized spacial score (nSPS) is 10.5. The van der Waals surface area contributed by atoms with Gasteiger partial charge in [-0.3, -0.25) is 4.68 Å². The second-order valence-corrected chi connectivity index (χ2v) is 6.29. The van der Waals surface area contributed by atoms with Crippen LogP contribution in [0.15, 0.2) is 59.2 Å². The third kappa shape index (κ3) is 4.60. The summed E-state index contributed by atoms with van der Waals surface area (Å²) in [5, 5.41) is 12.4. The molecule has 1 aromatic heterocycles. The van der Waals surface area contributed by atoms with Crippen molar-refractivity contribution < 1.29 is 23.8 Å². The molecule has 0 fully saturated rings. The molecule has 1 N–H and O–H groups in total. The lowest BCUT2D eigenvalue weighted by molar-refractivity contribution is 0.140. The van der Waals surface area contributed by atoms with Crippen LogP contribution < -0.4 is 9.47 Å². The Morgan fingerprint density at radius 1 is 1.23 bits per heavy atom.